The minimum Gasteiger partial charge on any atom is -0.496 e. The summed E-state index contributed by atoms with van der Waals surface area (Å²) in [5, 5.41) is 28.0. The average Bonchev–Trinajstić information content (AvgIpc) is 0.694. The molecule has 18 rings (SSSR count). The van der Waals surface area contributed by atoms with E-state index in [0.29, 0.717) is 19.8 Å². The number of nitrogens with zero attached hydrogens (tertiary/aromatic N) is 3. The molecular weight excluding hydrogens is 1540 g/mol. The molecule has 642 valence electrons. The minimum absolute atomic E-state index is 0.565. The standard InChI is InChI=1S/3C39H41NO2/c1-10-14-22(5)30-20-32(41-9)37-28-18-16-26-24(7)40(12-3)25(8)27-17-19-29(35(28)34(26)27)38-33(42-13-4)21-31(23(6)15-11-2)36(30)39(37)38;1-10-14-22(5)26-16-18-28-36-32(41-9)21-31-25(8)40(12-3)24(7)27-17-19-29(39(36)35(27)31)37-33(42-13-4)20-30(23(6)15-11-2)34(26)38(28)37;1-10-14-22(5)26-16-18-28-35-29(19-17-27(34(26)35)23(6)15-11-2)38-33(42-13-4)21-31-25(8)40(12-3)24(7)30-20-32(41-9)37(28)39(38)36(30)31/h3*16-21H,5-8,10-15H2,1-4,9H3. The summed E-state index contributed by atoms with van der Waals surface area (Å²) < 4.78 is 38.1. The average molecular weight is 1670 g/mol. The Morgan fingerprint density at radius 3 is 0.762 bits per heavy atom. The summed E-state index contributed by atoms with van der Waals surface area (Å²) in [6, 6.07) is 40.3. The lowest BCUT2D eigenvalue weighted by Gasteiger charge is -2.35. The van der Waals surface area contributed by atoms with Gasteiger partial charge in [-0.1, -0.05) is 232 Å². The Labute approximate surface area is 745 Å². The second-order valence-electron chi connectivity index (χ2n) is 34.2. The quantitative estimate of drug-likeness (QED) is 0.0324. The lowest BCUT2D eigenvalue weighted by molar-refractivity contribution is 0.344. The second kappa shape index (κ2) is 34.7. The third kappa shape index (κ3) is 13.2. The monoisotopic (exact) mass is 1670 g/mol. The van der Waals surface area contributed by atoms with Gasteiger partial charge in [0, 0.05) is 157 Å². The van der Waals surface area contributed by atoms with E-state index in [1.807, 2.05) is 6.92 Å². The van der Waals surface area contributed by atoms with Crippen LogP contribution in [0.4, 0.5) is 0 Å². The highest BCUT2D eigenvalue weighted by molar-refractivity contribution is 6.42. The molecule has 3 aliphatic heterocycles. The van der Waals surface area contributed by atoms with Crippen LogP contribution in [0.1, 0.15) is 227 Å². The van der Waals surface area contributed by atoms with Crippen LogP contribution in [0.5, 0.6) is 34.5 Å². The van der Waals surface area contributed by atoms with Crippen LogP contribution < -0.4 is 28.4 Å². The zero-order valence-electron chi connectivity index (χ0n) is 77.4. The van der Waals surface area contributed by atoms with Gasteiger partial charge in [-0.25, -0.2) is 0 Å². The van der Waals surface area contributed by atoms with E-state index in [2.05, 4.69) is 279 Å². The smallest absolute Gasteiger partial charge is 0.128 e. The Morgan fingerprint density at radius 2 is 0.437 bits per heavy atom. The summed E-state index contributed by atoms with van der Waals surface area (Å²) in [6.45, 7) is 84.4. The zero-order valence-corrected chi connectivity index (χ0v) is 77.4. The van der Waals surface area contributed by atoms with Crippen LogP contribution in [0, 0.1) is 0 Å². The SMILES string of the molecule is C=C(CCC)c1cc(OC)c2c3ccc4c5c(ccc(c6c(OCC)cc(C(=C)CCC)c1c26)c53)C(=C)N(CC)C4=C.C=C(CCC)c1ccc2c3c(OC)cc4c5c(cc(OCC)c(c6ccc(C(=C)CCC)c1c26)c53)C(=C)N(CC)C4=C.C=C(CCC)c1ccc2c3c(OC)cc4c5c(ccc(c6c(OCC)cc(C(=C)CCC)c1c26)c53)C(=C)N(CC)C4=C. The van der Waals surface area contributed by atoms with Gasteiger partial charge in [0.05, 0.1) is 41.2 Å². The topological polar surface area (TPSA) is 65.1 Å². The van der Waals surface area contributed by atoms with Gasteiger partial charge in [-0.2, -0.15) is 0 Å². The molecule has 0 saturated carbocycles. The highest BCUT2D eigenvalue weighted by Crippen LogP contribution is 2.60. The highest BCUT2D eigenvalue weighted by Gasteiger charge is 2.36. The molecule has 9 nitrogen and oxygen atoms in total. The number of benzene rings is 15. The number of fused-ring (bicyclic) bond motifs is 6. The Bertz CT molecular complexity index is 7190. The number of allylic oxidation sites excluding steroid dienone is 6. The Hall–Kier alpha value is -12.7. The number of methoxy groups -OCH3 is 3. The van der Waals surface area contributed by atoms with Crippen LogP contribution in [-0.2, 0) is 0 Å². The fraction of sp³-hybridized carbons (Fsp3) is 0.282. The van der Waals surface area contributed by atoms with Crippen LogP contribution in [0.3, 0.4) is 0 Å². The molecule has 0 aliphatic carbocycles. The van der Waals surface area contributed by atoms with Crippen molar-refractivity contribution in [3.8, 4) is 34.5 Å². The summed E-state index contributed by atoms with van der Waals surface area (Å²) in [4.78, 5) is 6.59. The van der Waals surface area contributed by atoms with E-state index in [9.17, 15) is 0 Å². The van der Waals surface area contributed by atoms with Gasteiger partial charge in [0.15, 0.2) is 0 Å². The van der Waals surface area contributed by atoms with Gasteiger partial charge in [-0.3, -0.25) is 0 Å². The van der Waals surface area contributed by atoms with E-state index >= 15 is 0 Å². The van der Waals surface area contributed by atoms with Crippen LogP contribution in [-0.4, -0.2) is 75.5 Å². The van der Waals surface area contributed by atoms with Crippen molar-refractivity contribution in [3.05, 3.63) is 255 Å². The molecular formula is C117H123N3O6. The predicted molar refractivity (Wildman–Crippen MR) is 551 cm³/mol. The van der Waals surface area contributed by atoms with Crippen molar-refractivity contribution < 1.29 is 28.4 Å². The first-order valence-electron chi connectivity index (χ1n) is 45.9. The lowest BCUT2D eigenvalue weighted by Crippen LogP contribution is -2.23. The van der Waals surface area contributed by atoms with Crippen LogP contribution in [0.2, 0.25) is 0 Å². The maximum absolute atomic E-state index is 6.49. The van der Waals surface area contributed by atoms with Crippen molar-refractivity contribution in [2.45, 2.75) is 160 Å². The molecule has 0 aromatic heterocycles. The van der Waals surface area contributed by atoms with E-state index < -0.39 is 0 Å². The highest BCUT2D eigenvalue weighted by atomic mass is 16.5. The number of rotatable bonds is 30. The zero-order chi connectivity index (χ0) is 89.6. The normalized spacial score (nSPS) is 13.2. The first-order valence-corrected chi connectivity index (χ1v) is 45.9. The van der Waals surface area contributed by atoms with Crippen molar-refractivity contribution in [3.63, 3.8) is 0 Å². The van der Waals surface area contributed by atoms with E-state index in [0.717, 1.165) is 297 Å². The Kier molecular flexibility index (Phi) is 23.9. The van der Waals surface area contributed by atoms with Gasteiger partial charge >= 0.3 is 0 Å². The summed E-state index contributed by atoms with van der Waals surface area (Å²) in [7, 11) is 5.31. The maximum Gasteiger partial charge on any atom is 0.128 e. The van der Waals surface area contributed by atoms with Gasteiger partial charge in [-0.05, 0) is 243 Å². The first kappa shape index (κ1) is 86.8. The fourth-order valence-electron chi connectivity index (χ4n) is 21.6. The Balaban J connectivity index is 0.000000139. The predicted octanol–water partition coefficient (Wildman–Crippen LogP) is 33.1. The molecule has 0 saturated heterocycles. The van der Waals surface area contributed by atoms with Gasteiger partial charge in [-0.15, -0.1) is 0 Å². The second-order valence-corrected chi connectivity index (χ2v) is 34.2. The largest absolute Gasteiger partial charge is 0.496 e. The Morgan fingerprint density at radius 1 is 0.222 bits per heavy atom. The molecule has 0 N–H and O–H groups in total. The van der Waals surface area contributed by atoms with Crippen LogP contribution in [0.15, 0.2) is 188 Å². The van der Waals surface area contributed by atoms with E-state index in [4.69, 9.17) is 28.4 Å². The molecule has 0 radical (unpaired) electrons. The maximum atomic E-state index is 6.49. The summed E-state index contributed by atoms with van der Waals surface area (Å²) in [5.74, 6) is 5.19. The number of hydrogen-bond acceptors (Lipinski definition) is 9. The molecule has 3 heterocycles. The number of ether oxygens (including phenoxy) is 6. The third-order valence-electron chi connectivity index (χ3n) is 27.0. The van der Waals surface area contributed by atoms with E-state index in [-0.39, 0.29) is 0 Å². The molecule has 15 aromatic carbocycles. The number of hydrogen-bond donors (Lipinski definition) is 0. The van der Waals surface area contributed by atoms with Crippen molar-refractivity contribution in [2.75, 3.05) is 60.8 Å². The fourth-order valence-corrected chi connectivity index (χ4v) is 21.6. The van der Waals surface area contributed by atoms with Gasteiger partial charge in [0.25, 0.3) is 0 Å². The minimum atomic E-state index is 0.565. The summed E-state index contributed by atoms with van der Waals surface area (Å²) in [5.41, 5.74) is 26.4. The van der Waals surface area contributed by atoms with Crippen molar-refractivity contribution >= 4 is 197 Å². The molecule has 126 heavy (non-hydrogen) atoms. The molecule has 9 heteroatoms. The molecule has 0 unspecified atom stereocenters. The van der Waals surface area contributed by atoms with Crippen LogP contribution >= 0.6 is 0 Å². The van der Waals surface area contributed by atoms with Crippen LogP contribution in [0.25, 0.3) is 197 Å². The van der Waals surface area contributed by atoms with E-state index in [1.165, 1.54) is 97.5 Å². The lowest BCUT2D eigenvalue weighted by atomic mass is 9.80. The molecule has 0 amide bonds. The molecule has 0 atom stereocenters. The van der Waals surface area contributed by atoms with Crippen molar-refractivity contribution in [1.82, 2.24) is 14.7 Å². The third-order valence-corrected chi connectivity index (χ3v) is 27.0. The van der Waals surface area contributed by atoms with Gasteiger partial charge < -0.3 is 43.1 Å². The van der Waals surface area contributed by atoms with Crippen molar-refractivity contribution in [1.29, 1.82) is 0 Å². The van der Waals surface area contributed by atoms with E-state index in [1.54, 1.807) is 21.3 Å². The van der Waals surface area contributed by atoms with Gasteiger partial charge in [0.2, 0.25) is 0 Å². The molecule has 3 aliphatic rings. The van der Waals surface area contributed by atoms with Crippen molar-refractivity contribution in [2.24, 2.45) is 0 Å². The molecule has 0 spiro atoms. The van der Waals surface area contributed by atoms with Gasteiger partial charge in [0.1, 0.15) is 34.5 Å². The first-order chi connectivity index (χ1) is 61.0. The molecule has 0 fully saturated rings. The molecule has 15 aromatic rings. The summed E-state index contributed by atoms with van der Waals surface area (Å²) >= 11 is 0. The summed E-state index contributed by atoms with van der Waals surface area (Å²) in [6.07, 6.45) is 11.8. The molecule has 0 bridgehead atoms.